The Kier molecular flexibility index (Phi) is 6.52. The summed E-state index contributed by atoms with van der Waals surface area (Å²) in [5.74, 6) is 3.59. The number of hydrogen-bond acceptors (Lipinski definition) is 3. The first-order valence-corrected chi connectivity index (χ1v) is 9.36. The summed E-state index contributed by atoms with van der Waals surface area (Å²) >= 11 is 0. The molecule has 0 atom stereocenters. The van der Waals surface area contributed by atoms with Crippen molar-refractivity contribution in [3.05, 3.63) is 89.3 Å². The van der Waals surface area contributed by atoms with Crippen LogP contribution in [0.3, 0.4) is 0 Å². The molecule has 3 aromatic carbocycles. The summed E-state index contributed by atoms with van der Waals surface area (Å²) < 4.78 is 0. The van der Waals surface area contributed by atoms with Crippen LogP contribution in [0.5, 0.6) is 0 Å². The largest absolute Gasteiger partial charge is 0.233 e. The van der Waals surface area contributed by atoms with Gasteiger partial charge in [-0.05, 0) is 16.7 Å². The van der Waals surface area contributed by atoms with E-state index in [9.17, 15) is 14.4 Å². The molecule has 3 nitrogen and oxygen atoms in total. The van der Waals surface area contributed by atoms with E-state index in [2.05, 4.69) is 5.66 Å². The van der Waals surface area contributed by atoms with Crippen molar-refractivity contribution in [1.82, 2.24) is 0 Å². The fourth-order valence-corrected chi connectivity index (χ4v) is 6.11. The van der Waals surface area contributed by atoms with Crippen LogP contribution in [0.2, 0.25) is 0 Å². The van der Waals surface area contributed by atoms with Crippen molar-refractivity contribution in [3.63, 3.8) is 0 Å². The molecule has 0 saturated heterocycles. The van der Waals surface area contributed by atoms with Crippen molar-refractivity contribution in [2.75, 3.05) is 0 Å². The first-order chi connectivity index (χ1) is 12.3. The summed E-state index contributed by atoms with van der Waals surface area (Å²) in [5.41, 5.74) is 2.24. The van der Waals surface area contributed by atoms with E-state index in [-0.39, 0.29) is 27.2 Å². The smallest absolute Gasteiger partial charge is 0.134 e. The number of hydrogen-bond donors (Lipinski definition) is 0. The average molecular weight is 403 g/mol. The van der Waals surface area contributed by atoms with Gasteiger partial charge in [0.15, 0.2) is 0 Å². The molecule has 3 rings (SSSR count). The van der Waals surface area contributed by atoms with Crippen molar-refractivity contribution in [3.8, 4) is 0 Å². The normalized spacial score (nSPS) is 10.0. The Hall–Kier alpha value is -2.66. The summed E-state index contributed by atoms with van der Waals surface area (Å²) in [7, 11) is 0. The van der Waals surface area contributed by atoms with E-state index >= 15 is 0 Å². The summed E-state index contributed by atoms with van der Waals surface area (Å²) in [6.45, 7) is -2.88. The molecule has 0 aliphatic carbocycles. The summed E-state index contributed by atoms with van der Waals surface area (Å²) in [5, 5.41) is 2.16. The second-order valence-corrected chi connectivity index (χ2v) is 8.38. The molecule has 3 aromatic rings. The van der Waals surface area contributed by atoms with Gasteiger partial charge in [-0.25, -0.2) is 14.4 Å². The van der Waals surface area contributed by atoms with Crippen LogP contribution < -0.4 is 26.4 Å². The molecule has 129 valence electrons. The Morgan fingerprint density at radius 1 is 0.615 bits per heavy atom. The fraction of sp³-hybridized carbons (Fsp3) is 0. The van der Waals surface area contributed by atoms with Crippen molar-refractivity contribution < 1.29 is 31.2 Å². The Bertz CT molecular complexity index is 1110. The molecule has 0 amide bonds. The van der Waals surface area contributed by atoms with Crippen molar-refractivity contribution in [1.29, 1.82) is 0 Å². The van der Waals surface area contributed by atoms with E-state index in [1.54, 1.807) is 18.1 Å². The third-order valence-corrected chi connectivity index (χ3v) is 7.55. The Balaban J connectivity index is 0.00000243. The van der Waals surface area contributed by atoms with Gasteiger partial charge in [0.25, 0.3) is 0 Å². The van der Waals surface area contributed by atoms with Crippen molar-refractivity contribution in [2.45, 2.75) is 0 Å². The van der Waals surface area contributed by atoms with Gasteiger partial charge in [0, 0.05) is 22.1 Å². The van der Waals surface area contributed by atoms with Gasteiger partial charge in [-0.2, -0.15) is 0 Å². The zero-order chi connectivity index (χ0) is 17.7. The maximum atomic E-state index is 12.4. The van der Waals surface area contributed by atoms with E-state index in [1.165, 1.54) is 6.07 Å². The zero-order valence-corrected chi connectivity index (χ0v) is 15.4. The minimum absolute atomic E-state index is 0. The van der Waals surface area contributed by atoms with E-state index in [1.807, 2.05) is 66.6 Å². The predicted molar refractivity (Wildman–Crippen MR) is 99.7 cm³/mol. The van der Waals surface area contributed by atoms with Crippen LogP contribution in [-0.4, -0.2) is 17.5 Å². The molecule has 5 heteroatoms. The summed E-state index contributed by atoms with van der Waals surface area (Å²) in [4.78, 5) is 35.2. The molecule has 26 heavy (non-hydrogen) atoms. The quantitative estimate of drug-likeness (QED) is 0.581. The third-order valence-electron chi connectivity index (χ3n) is 4.04. The van der Waals surface area contributed by atoms with Gasteiger partial charge < -0.3 is 0 Å². The molecule has 1 radical (unpaired) electrons. The molecule has 0 N–H and O–H groups in total. The monoisotopic (exact) mass is 403 g/mol. The molecular formula is C21H13CoO3P. The maximum Gasteiger partial charge on any atom is 0.134 e. The fourth-order valence-electron chi connectivity index (χ4n) is 2.90. The van der Waals surface area contributed by atoms with Gasteiger partial charge in [-0.3, -0.25) is 0 Å². The second kappa shape index (κ2) is 8.62. The molecule has 0 saturated carbocycles. The third kappa shape index (κ3) is 3.22. The average Bonchev–Trinajstić information content (AvgIpc) is 2.70. The molecule has 0 spiro atoms. The molecule has 0 aliphatic heterocycles. The number of carbonyl (C=O) groups excluding carboxylic acids is 3. The molecule has 0 fully saturated rings. The van der Waals surface area contributed by atoms with Crippen LogP contribution in [-0.2, 0) is 31.2 Å². The van der Waals surface area contributed by atoms with Crippen LogP contribution in [0.1, 0.15) is 0 Å². The molecule has 0 aliphatic rings. The van der Waals surface area contributed by atoms with E-state index < -0.39 is 6.89 Å². The van der Waals surface area contributed by atoms with E-state index in [0.717, 1.165) is 10.6 Å². The molecule has 0 bridgehead atoms. The van der Waals surface area contributed by atoms with E-state index in [0.29, 0.717) is 5.30 Å². The molecular weight excluding hydrogens is 390 g/mol. The van der Waals surface area contributed by atoms with Gasteiger partial charge in [-0.1, -0.05) is 72.8 Å². The van der Waals surface area contributed by atoms with E-state index in [4.69, 9.17) is 0 Å². The first-order valence-electron chi connectivity index (χ1n) is 7.57. The van der Waals surface area contributed by atoms with Crippen LogP contribution in [0.15, 0.2) is 78.9 Å². The van der Waals surface area contributed by atoms with Crippen LogP contribution in [0, 0.1) is 0 Å². The van der Waals surface area contributed by atoms with Gasteiger partial charge in [0.1, 0.15) is 17.5 Å². The van der Waals surface area contributed by atoms with Crippen molar-refractivity contribution >= 4 is 40.3 Å². The minimum atomic E-state index is -2.88. The zero-order valence-electron chi connectivity index (χ0n) is 13.5. The van der Waals surface area contributed by atoms with Crippen LogP contribution in [0.4, 0.5) is 0 Å². The molecule has 0 heterocycles. The van der Waals surface area contributed by atoms with Crippen molar-refractivity contribution in [2.24, 2.45) is 0 Å². The number of rotatable bonds is 3. The van der Waals surface area contributed by atoms with Gasteiger partial charge >= 0.3 is 0 Å². The molecule has 0 unspecified atom stereocenters. The summed E-state index contributed by atoms with van der Waals surface area (Å²) in [6.07, 6.45) is 0. The Labute approximate surface area is 160 Å². The summed E-state index contributed by atoms with van der Waals surface area (Å²) in [6, 6.07) is 23.3. The number of benzene rings is 3. The standard InChI is InChI=1S/C21H13O3P.Co/c22-14-17-8-7-13-21(20(17)15-23)25(16-24,18-9-3-1-4-10-18)19-11-5-2-6-12-19;/h1-13H;. The predicted octanol–water partition coefficient (Wildman–Crippen LogP) is 0.0516. The Morgan fingerprint density at radius 2 is 1.15 bits per heavy atom. The Morgan fingerprint density at radius 3 is 1.58 bits per heavy atom. The minimum Gasteiger partial charge on any atom is -0.233 e. The maximum absolute atomic E-state index is 12.4. The van der Waals surface area contributed by atoms with Gasteiger partial charge in [0.05, 0.1) is 17.3 Å². The van der Waals surface area contributed by atoms with Gasteiger partial charge in [-0.15, -0.1) is 0 Å². The first kappa shape index (κ1) is 19.7. The second-order valence-electron chi connectivity index (χ2n) is 5.34. The SMILES string of the molecule is O=C=c1cccc(P(=C=O)(c2ccccc2)c2ccccc2)c1=C=O.[Co]. The topological polar surface area (TPSA) is 51.2 Å². The van der Waals surface area contributed by atoms with Gasteiger partial charge in [0.2, 0.25) is 0 Å². The van der Waals surface area contributed by atoms with Crippen LogP contribution >= 0.6 is 6.89 Å². The molecule has 0 aromatic heterocycles. The van der Waals surface area contributed by atoms with Crippen LogP contribution in [0.25, 0.3) is 0 Å².